The number of nitrogens with one attached hydrogen (secondary N) is 1. The summed E-state index contributed by atoms with van der Waals surface area (Å²) in [5, 5.41) is 21.4. The monoisotopic (exact) mass is 327 g/mol. The van der Waals surface area contributed by atoms with E-state index in [1.165, 1.54) is 18.2 Å². The zero-order valence-corrected chi connectivity index (χ0v) is 13.0. The molecule has 0 radical (unpaired) electrons. The van der Waals surface area contributed by atoms with E-state index >= 15 is 0 Å². The molecule has 8 heteroatoms. The highest BCUT2D eigenvalue weighted by Crippen LogP contribution is 2.38. The maximum absolute atomic E-state index is 11.8. The van der Waals surface area contributed by atoms with E-state index in [4.69, 9.17) is 0 Å². The van der Waals surface area contributed by atoms with Gasteiger partial charge in [-0.3, -0.25) is 14.9 Å². The van der Waals surface area contributed by atoms with Gasteiger partial charge >= 0.3 is 0 Å². The Labute approximate surface area is 138 Å². The number of hydrogen-bond acceptors (Lipinski definition) is 5. The molecule has 0 saturated heterocycles. The van der Waals surface area contributed by atoms with E-state index in [2.05, 4.69) is 15.5 Å². The molecule has 124 valence electrons. The summed E-state index contributed by atoms with van der Waals surface area (Å²) in [4.78, 5) is 21.9. The van der Waals surface area contributed by atoms with Crippen molar-refractivity contribution in [1.82, 2.24) is 20.1 Å². The van der Waals surface area contributed by atoms with Crippen molar-refractivity contribution < 1.29 is 9.72 Å². The first-order chi connectivity index (χ1) is 11.6. The molecule has 0 unspecified atom stereocenters. The lowest BCUT2D eigenvalue weighted by molar-refractivity contribution is -0.384. The van der Waals surface area contributed by atoms with Crippen molar-refractivity contribution in [1.29, 1.82) is 0 Å². The van der Waals surface area contributed by atoms with Gasteiger partial charge in [-0.1, -0.05) is 0 Å². The van der Waals surface area contributed by atoms with E-state index in [0.717, 1.165) is 24.2 Å². The van der Waals surface area contributed by atoms with Crippen LogP contribution in [0.3, 0.4) is 0 Å². The van der Waals surface area contributed by atoms with Gasteiger partial charge in [-0.05, 0) is 36.6 Å². The van der Waals surface area contributed by atoms with E-state index in [0.29, 0.717) is 19.0 Å². The van der Waals surface area contributed by atoms with E-state index < -0.39 is 4.92 Å². The summed E-state index contributed by atoms with van der Waals surface area (Å²) in [6, 6.07) is 6.01. The lowest BCUT2D eigenvalue weighted by Crippen LogP contribution is -2.25. The van der Waals surface area contributed by atoms with Crippen LogP contribution in [0.25, 0.3) is 6.08 Å². The fourth-order valence-corrected chi connectivity index (χ4v) is 2.33. The van der Waals surface area contributed by atoms with Crippen LogP contribution in [0.15, 0.2) is 36.7 Å². The Morgan fingerprint density at radius 3 is 2.79 bits per heavy atom. The van der Waals surface area contributed by atoms with Crippen molar-refractivity contribution in [3.63, 3.8) is 0 Å². The maximum Gasteiger partial charge on any atom is 0.269 e. The predicted molar refractivity (Wildman–Crippen MR) is 87.1 cm³/mol. The fourth-order valence-electron chi connectivity index (χ4n) is 2.33. The predicted octanol–water partition coefficient (Wildman–Crippen LogP) is 1.89. The van der Waals surface area contributed by atoms with Crippen molar-refractivity contribution in [2.75, 3.05) is 6.54 Å². The Balaban J connectivity index is 1.46. The van der Waals surface area contributed by atoms with Crippen LogP contribution in [-0.2, 0) is 11.3 Å². The first-order valence-electron chi connectivity index (χ1n) is 7.71. The summed E-state index contributed by atoms with van der Waals surface area (Å²) in [7, 11) is 0. The SMILES string of the molecule is O=C(/C=C/c1ccc([N+](=O)[O-])cc1)NCCn1cnnc1C1CC1. The minimum Gasteiger partial charge on any atom is -0.351 e. The third-order valence-electron chi connectivity index (χ3n) is 3.77. The first kappa shape index (κ1) is 15.9. The molecule has 3 rings (SSSR count). The number of carbonyl (C=O) groups is 1. The minimum atomic E-state index is -0.457. The molecular weight excluding hydrogens is 310 g/mol. The summed E-state index contributed by atoms with van der Waals surface area (Å²) in [6.07, 6.45) is 7.03. The Kier molecular flexibility index (Phi) is 4.64. The molecule has 8 nitrogen and oxygen atoms in total. The van der Waals surface area contributed by atoms with Crippen LogP contribution in [0.2, 0.25) is 0 Å². The number of carbonyl (C=O) groups excluding carboxylic acids is 1. The molecule has 1 saturated carbocycles. The lowest BCUT2D eigenvalue weighted by atomic mass is 10.2. The average Bonchev–Trinajstić information content (AvgIpc) is 3.32. The van der Waals surface area contributed by atoms with Crippen LogP contribution >= 0.6 is 0 Å². The molecule has 1 fully saturated rings. The summed E-state index contributed by atoms with van der Waals surface area (Å²) < 4.78 is 1.97. The topological polar surface area (TPSA) is 103 Å². The van der Waals surface area contributed by atoms with Crippen LogP contribution in [0, 0.1) is 10.1 Å². The van der Waals surface area contributed by atoms with Crippen molar-refractivity contribution in [3.8, 4) is 0 Å². The van der Waals surface area contributed by atoms with Crippen molar-refractivity contribution >= 4 is 17.7 Å². The Hall–Kier alpha value is -3.03. The molecule has 2 aromatic rings. The second-order valence-electron chi connectivity index (χ2n) is 5.63. The first-order valence-corrected chi connectivity index (χ1v) is 7.71. The summed E-state index contributed by atoms with van der Waals surface area (Å²) in [6.45, 7) is 1.12. The van der Waals surface area contributed by atoms with Gasteiger partial charge in [0.05, 0.1) is 4.92 Å². The molecule has 1 aromatic carbocycles. The highest BCUT2D eigenvalue weighted by Gasteiger charge is 2.28. The number of hydrogen-bond donors (Lipinski definition) is 1. The standard InChI is InChI=1S/C16H17N5O3/c22-15(8-3-12-1-6-14(7-2-12)21(23)24)17-9-10-20-11-18-19-16(20)13-4-5-13/h1-3,6-8,11,13H,4-5,9-10H2,(H,17,22)/b8-3+. The lowest BCUT2D eigenvalue weighted by Gasteiger charge is -2.06. The third kappa shape index (κ3) is 4.03. The Morgan fingerprint density at radius 1 is 1.38 bits per heavy atom. The smallest absolute Gasteiger partial charge is 0.269 e. The summed E-state index contributed by atoms with van der Waals surface area (Å²) >= 11 is 0. The zero-order chi connectivity index (χ0) is 16.9. The average molecular weight is 327 g/mol. The molecular formula is C16H17N5O3. The largest absolute Gasteiger partial charge is 0.351 e. The van der Waals surface area contributed by atoms with Crippen LogP contribution in [-0.4, -0.2) is 32.1 Å². The van der Waals surface area contributed by atoms with Gasteiger partial charge < -0.3 is 9.88 Å². The van der Waals surface area contributed by atoms with Crippen LogP contribution in [0.4, 0.5) is 5.69 Å². The molecule has 1 amide bonds. The molecule has 0 atom stereocenters. The molecule has 24 heavy (non-hydrogen) atoms. The van der Waals surface area contributed by atoms with Gasteiger partial charge in [0.25, 0.3) is 5.69 Å². The van der Waals surface area contributed by atoms with E-state index in [9.17, 15) is 14.9 Å². The molecule has 1 N–H and O–H groups in total. The molecule has 1 aliphatic rings. The summed E-state index contributed by atoms with van der Waals surface area (Å²) in [5.41, 5.74) is 0.752. The van der Waals surface area contributed by atoms with Gasteiger partial charge in [-0.25, -0.2) is 0 Å². The highest BCUT2D eigenvalue weighted by molar-refractivity contribution is 5.91. The number of nitro benzene ring substituents is 1. The Morgan fingerprint density at radius 2 is 2.12 bits per heavy atom. The molecule has 1 aromatic heterocycles. The van der Waals surface area contributed by atoms with Gasteiger partial charge in [0.1, 0.15) is 12.2 Å². The van der Waals surface area contributed by atoms with E-state index in [1.54, 1.807) is 24.5 Å². The summed E-state index contributed by atoms with van der Waals surface area (Å²) in [5.74, 6) is 1.30. The molecule has 1 aliphatic carbocycles. The number of benzene rings is 1. The molecule has 1 heterocycles. The van der Waals surface area contributed by atoms with Crippen LogP contribution < -0.4 is 5.32 Å². The van der Waals surface area contributed by atoms with Crippen molar-refractivity contribution in [2.24, 2.45) is 0 Å². The number of nitro groups is 1. The maximum atomic E-state index is 11.8. The third-order valence-corrected chi connectivity index (χ3v) is 3.77. The van der Waals surface area contributed by atoms with Gasteiger partial charge in [-0.2, -0.15) is 0 Å². The number of non-ortho nitro benzene ring substituents is 1. The number of amides is 1. The second kappa shape index (κ2) is 7.03. The number of rotatable bonds is 7. The van der Waals surface area contributed by atoms with Crippen LogP contribution in [0.5, 0.6) is 0 Å². The number of nitrogens with zero attached hydrogens (tertiary/aromatic N) is 4. The fraction of sp³-hybridized carbons (Fsp3) is 0.312. The van der Waals surface area contributed by atoms with Gasteiger partial charge in [0.2, 0.25) is 5.91 Å². The van der Waals surface area contributed by atoms with E-state index in [-0.39, 0.29) is 11.6 Å². The van der Waals surface area contributed by atoms with E-state index in [1.807, 2.05) is 4.57 Å². The quantitative estimate of drug-likeness (QED) is 0.475. The van der Waals surface area contributed by atoms with Gasteiger partial charge in [0.15, 0.2) is 0 Å². The van der Waals surface area contributed by atoms with Gasteiger partial charge in [0, 0.05) is 37.2 Å². The zero-order valence-electron chi connectivity index (χ0n) is 13.0. The van der Waals surface area contributed by atoms with Crippen molar-refractivity contribution in [3.05, 3.63) is 58.2 Å². The second-order valence-corrected chi connectivity index (χ2v) is 5.63. The number of aromatic nitrogens is 3. The van der Waals surface area contributed by atoms with Crippen LogP contribution in [0.1, 0.15) is 30.1 Å². The molecule has 0 aliphatic heterocycles. The Bertz CT molecular complexity index is 762. The highest BCUT2D eigenvalue weighted by atomic mass is 16.6. The normalized spacial score (nSPS) is 14.0. The molecule has 0 bridgehead atoms. The molecule has 0 spiro atoms. The van der Waals surface area contributed by atoms with Gasteiger partial charge in [-0.15, -0.1) is 10.2 Å². The minimum absolute atomic E-state index is 0.0250. The van der Waals surface area contributed by atoms with Crippen molar-refractivity contribution in [2.45, 2.75) is 25.3 Å².